The molecule has 0 fully saturated rings. The first-order valence-corrected chi connectivity index (χ1v) is 8.28. The van der Waals surface area contributed by atoms with E-state index in [1.165, 1.54) is 50.8 Å². The lowest BCUT2D eigenvalue weighted by molar-refractivity contribution is 0.104. The van der Waals surface area contributed by atoms with Gasteiger partial charge in [-0.05, 0) is 45.8 Å². The van der Waals surface area contributed by atoms with Crippen LogP contribution in [0.3, 0.4) is 0 Å². The molecule has 0 aliphatic carbocycles. The minimum absolute atomic E-state index is 0.0457. The molecule has 0 amide bonds. The molecule has 0 radical (unpaired) electrons. The van der Waals surface area contributed by atoms with Crippen molar-refractivity contribution < 1.29 is 28.2 Å². The molecule has 1 aromatic heterocycles. The van der Waals surface area contributed by atoms with Crippen molar-refractivity contribution in [2.75, 3.05) is 14.2 Å². The number of benzene rings is 2. The van der Waals surface area contributed by atoms with Crippen LogP contribution in [-0.2, 0) is 0 Å². The summed E-state index contributed by atoms with van der Waals surface area (Å²) in [5.41, 5.74) is 0.849. The summed E-state index contributed by atoms with van der Waals surface area (Å²) >= 11 is 3.09. The zero-order chi connectivity index (χ0) is 18.8. The first-order valence-electron chi connectivity index (χ1n) is 7.49. The Labute approximate surface area is 156 Å². The number of ketones is 1. The van der Waals surface area contributed by atoms with Crippen molar-refractivity contribution in [3.63, 3.8) is 0 Å². The molecule has 0 saturated heterocycles. The highest BCUT2D eigenvalue weighted by Crippen LogP contribution is 2.45. The van der Waals surface area contributed by atoms with Crippen molar-refractivity contribution in [2.24, 2.45) is 0 Å². The summed E-state index contributed by atoms with van der Waals surface area (Å²) in [6, 6.07) is 5.97. The molecule has 26 heavy (non-hydrogen) atoms. The third-order valence-electron chi connectivity index (χ3n) is 3.82. The second-order valence-corrected chi connectivity index (χ2v) is 6.18. The second kappa shape index (κ2) is 7.21. The predicted octanol–water partition coefficient (Wildman–Crippen LogP) is 4.95. The maximum Gasteiger partial charge on any atom is 0.205 e. The van der Waals surface area contributed by atoms with Crippen molar-refractivity contribution in [1.29, 1.82) is 0 Å². The van der Waals surface area contributed by atoms with Crippen molar-refractivity contribution in [2.45, 2.75) is 0 Å². The number of fused-ring (bicyclic) bond motifs is 1. The topological polar surface area (TPSA) is 68.9 Å². The Bertz CT molecular complexity index is 1020. The molecule has 0 atom stereocenters. The van der Waals surface area contributed by atoms with Gasteiger partial charge in [0.15, 0.2) is 17.1 Å². The van der Waals surface area contributed by atoms with Crippen LogP contribution in [-0.4, -0.2) is 25.1 Å². The normalized spacial score (nSPS) is 11.2. The van der Waals surface area contributed by atoms with Crippen molar-refractivity contribution >= 4 is 38.8 Å². The van der Waals surface area contributed by atoms with Gasteiger partial charge in [-0.15, -0.1) is 0 Å². The summed E-state index contributed by atoms with van der Waals surface area (Å²) in [6.07, 6.45) is 4.19. The van der Waals surface area contributed by atoms with E-state index in [9.17, 15) is 14.3 Å². The SMILES string of the molecule is COc1c(C(=O)C=Cc2ccc(F)c(Br)c2)c(O)c(OC)c2occc12. The van der Waals surface area contributed by atoms with E-state index in [2.05, 4.69) is 15.9 Å². The molecular weight excluding hydrogens is 407 g/mol. The average Bonchev–Trinajstić information content (AvgIpc) is 3.10. The van der Waals surface area contributed by atoms with Crippen LogP contribution in [0.25, 0.3) is 17.0 Å². The highest BCUT2D eigenvalue weighted by molar-refractivity contribution is 9.10. The fraction of sp³-hybridized carbons (Fsp3) is 0.105. The maximum atomic E-state index is 13.3. The van der Waals surface area contributed by atoms with Crippen molar-refractivity contribution in [1.82, 2.24) is 0 Å². The maximum absolute atomic E-state index is 13.3. The van der Waals surface area contributed by atoms with Crippen LogP contribution < -0.4 is 9.47 Å². The fourth-order valence-corrected chi connectivity index (χ4v) is 3.02. The Morgan fingerprint density at radius 2 is 1.96 bits per heavy atom. The van der Waals surface area contributed by atoms with E-state index in [1.54, 1.807) is 6.07 Å². The molecule has 2 aromatic carbocycles. The number of hydrogen-bond donors (Lipinski definition) is 1. The molecule has 0 unspecified atom stereocenters. The number of phenolic OH excluding ortho intramolecular Hbond substituents is 1. The van der Waals surface area contributed by atoms with Gasteiger partial charge in [-0.3, -0.25) is 4.79 Å². The summed E-state index contributed by atoms with van der Waals surface area (Å²) < 4.78 is 29.4. The largest absolute Gasteiger partial charge is 0.504 e. The van der Waals surface area contributed by atoms with Gasteiger partial charge in [-0.1, -0.05) is 12.1 Å². The lowest BCUT2D eigenvalue weighted by Gasteiger charge is -2.13. The third kappa shape index (κ3) is 3.06. The number of hydrogen-bond acceptors (Lipinski definition) is 5. The van der Waals surface area contributed by atoms with E-state index in [-0.39, 0.29) is 32.9 Å². The molecule has 0 bridgehead atoms. The number of carbonyl (C=O) groups excluding carboxylic acids is 1. The van der Waals surface area contributed by atoms with Gasteiger partial charge < -0.3 is 19.0 Å². The lowest BCUT2D eigenvalue weighted by Crippen LogP contribution is -2.02. The summed E-state index contributed by atoms with van der Waals surface area (Å²) in [5, 5.41) is 11.0. The number of aromatic hydroxyl groups is 1. The van der Waals surface area contributed by atoms with E-state index >= 15 is 0 Å². The van der Waals surface area contributed by atoms with Crippen LogP contribution in [0, 0.1) is 5.82 Å². The van der Waals surface area contributed by atoms with E-state index in [0.717, 1.165) is 0 Å². The minimum Gasteiger partial charge on any atom is -0.504 e. The van der Waals surface area contributed by atoms with Crippen LogP contribution in [0.5, 0.6) is 17.2 Å². The number of allylic oxidation sites excluding steroid dienone is 1. The molecule has 3 rings (SSSR count). The predicted molar refractivity (Wildman–Crippen MR) is 98.4 cm³/mol. The molecule has 1 N–H and O–H groups in total. The van der Waals surface area contributed by atoms with E-state index < -0.39 is 11.6 Å². The molecular formula is C19H14BrFO5. The second-order valence-electron chi connectivity index (χ2n) is 5.32. The summed E-state index contributed by atoms with van der Waals surface area (Å²) in [4.78, 5) is 12.7. The number of methoxy groups -OCH3 is 2. The van der Waals surface area contributed by atoms with E-state index in [0.29, 0.717) is 10.9 Å². The molecule has 0 spiro atoms. The molecule has 0 aliphatic rings. The van der Waals surface area contributed by atoms with Gasteiger partial charge in [0, 0.05) is 0 Å². The monoisotopic (exact) mass is 420 g/mol. The molecule has 1 heterocycles. The number of rotatable bonds is 5. The zero-order valence-corrected chi connectivity index (χ0v) is 15.5. The van der Waals surface area contributed by atoms with Gasteiger partial charge in [0.05, 0.1) is 30.3 Å². The van der Waals surface area contributed by atoms with E-state index in [4.69, 9.17) is 13.9 Å². The number of furan rings is 1. The third-order valence-corrected chi connectivity index (χ3v) is 4.43. The summed E-state index contributed by atoms with van der Waals surface area (Å²) in [5.74, 6) is -1.04. The summed E-state index contributed by atoms with van der Waals surface area (Å²) in [6.45, 7) is 0. The minimum atomic E-state index is -0.499. The van der Waals surface area contributed by atoms with Gasteiger partial charge in [0.1, 0.15) is 17.1 Å². The standard InChI is InChI=1S/C19H14BrFO5/c1-24-17-11-7-8-26-18(11)19(25-2)16(23)15(17)14(22)6-4-10-3-5-13(21)12(20)9-10/h3-9,23H,1-2H3. The van der Waals surface area contributed by atoms with Crippen LogP contribution in [0.15, 0.2) is 45.5 Å². The van der Waals surface area contributed by atoms with Gasteiger partial charge >= 0.3 is 0 Å². The molecule has 5 nitrogen and oxygen atoms in total. The average molecular weight is 421 g/mol. The smallest absolute Gasteiger partial charge is 0.205 e. The highest BCUT2D eigenvalue weighted by Gasteiger charge is 2.26. The lowest BCUT2D eigenvalue weighted by atomic mass is 10.0. The number of carbonyl (C=O) groups is 1. The zero-order valence-electron chi connectivity index (χ0n) is 13.9. The van der Waals surface area contributed by atoms with Crippen LogP contribution in [0.1, 0.15) is 15.9 Å². The number of ether oxygens (including phenoxy) is 2. The first-order chi connectivity index (χ1) is 12.5. The van der Waals surface area contributed by atoms with Crippen LogP contribution in [0.4, 0.5) is 4.39 Å². The molecule has 0 aliphatic heterocycles. The molecule has 3 aromatic rings. The highest BCUT2D eigenvalue weighted by atomic mass is 79.9. The van der Waals surface area contributed by atoms with Crippen molar-refractivity contribution in [3.8, 4) is 17.2 Å². The van der Waals surface area contributed by atoms with Gasteiger partial charge in [-0.2, -0.15) is 0 Å². The number of halogens is 2. The number of phenols is 1. The Hall–Kier alpha value is -2.80. The quantitative estimate of drug-likeness (QED) is 0.466. The van der Waals surface area contributed by atoms with E-state index in [1.807, 2.05) is 0 Å². The molecule has 0 saturated carbocycles. The van der Waals surface area contributed by atoms with Crippen LogP contribution in [0.2, 0.25) is 0 Å². The van der Waals surface area contributed by atoms with Gasteiger partial charge in [-0.25, -0.2) is 4.39 Å². The summed E-state index contributed by atoms with van der Waals surface area (Å²) in [7, 11) is 2.76. The first kappa shape index (κ1) is 18.0. The van der Waals surface area contributed by atoms with Crippen molar-refractivity contribution in [3.05, 3.63) is 58.0 Å². The Kier molecular flexibility index (Phi) is 4.99. The molecule has 7 heteroatoms. The Morgan fingerprint density at radius 1 is 1.23 bits per heavy atom. The van der Waals surface area contributed by atoms with Crippen LogP contribution >= 0.6 is 15.9 Å². The van der Waals surface area contributed by atoms with Gasteiger partial charge in [0.25, 0.3) is 0 Å². The Balaban J connectivity index is 2.08. The fourth-order valence-electron chi connectivity index (χ4n) is 2.63. The Morgan fingerprint density at radius 3 is 2.62 bits per heavy atom. The molecule has 134 valence electrons. The van der Waals surface area contributed by atoms with Gasteiger partial charge in [0.2, 0.25) is 5.75 Å².